The van der Waals surface area contributed by atoms with Crippen molar-refractivity contribution in [3.63, 3.8) is 0 Å². The third kappa shape index (κ3) is 2.91. The summed E-state index contributed by atoms with van der Waals surface area (Å²) >= 11 is 0. The predicted molar refractivity (Wildman–Crippen MR) is 111 cm³/mol. The number of fused-ring (bicyclic) bond motifs is 6. The van der Waals surface area contributed by atoms with Crippen LogP contribution in [0, 0.1) is 12.1 Å². The Morgan fingerprint density at radius 2 is 1.31 bits per heavy atom. The summed E-state index contributed by atoms with van der Waals surface area (Å²) in [5.74, 6) is 0. The van der Waals surface area contributed by atoms with Crippen LogP contribution < -0.4 is 0 Å². The van der Waals surface area contributed by atoms with Crippen molar-refractivity contribution in [3.05, 3.63) is 85.3 Å². The second-order valence-electron chi connectivity index (χ2n) is 6.64. The van der Waals surface area contributed by atoms with Crippen LogP contribution in [0.1, 0.15) is 0 Å². The van der Waals surface area contributed by atoms with E-state index in [-0.39, 0.29) is 32.7 Å². The number of hydrogen-bond acceptors (Lipinski definition) is 4. The van der Waals surface area contributed by atoms with Crippen molar-refractivity contribution in [2.75, 3.05) is 0 Å². The summed E-state index contributed by atoms with van der Waals surface area (Å²) in [6.07, 6.45) is 5.27. The smallest absolute Gasteiger partial charge is 0.0828 e. The molecule has 29 heavy (non-hydrogen) atoms. The second kappa shape index (κ2) is 7.21. The Balaban J connectivity index is 0.00000181. The summed E-state index contributed by atoms with van der Waals surface area (Å²) in [4.78, 5) is 18.5. The number of benzene rings is 2. The molecular weight excluding hydrogens is 433 g/mol. The SMILES string of the molecule is [Y].[c-]1cc2ccc3cccnc3c2nc1-c1[c-]cnc2c1ccc1cccnc12. The van der Waals surface area contributed by atoms with Crippen molar-refractivity contribution in [1.82, 2.24) is 19.9 Å². The van der Waals surface area contributed by atoms with Crippen LogP contribution in [0.25, 0.3) is 54.9 Å². The molecule has 6 rings (SSSR count). The summed E-state index contributed by atoms with van der Waals surface area (Å²) in [7, 11) is 0. The Morgan fingerprint density at radius 1 is 0.621 bits per heavy atom. The van der Waals surface area contributed by atoms with Crippen LogP contribution >= 0.6 is 0 Å². The normalized spacial score (nSPS) is 11.2. The van der Waals surface area contributed by atoms with Gasteiger partial charge in [0.15, 0.2) is 0 Å². The molecule has 0 bridgehead atoms. The fraction of sp³-hybridized carbons (Fsp3) is 0. The molecule has 0 unspecified atom stereocenters. The molecule has 0 spiro atoms. The predicted octanol–water partition coefficient (Wildman–Crippen LogP) is 5.14. The molecule has 0 saturated heterocycles. The van der Waals surface area contributed by atoms with E-state index in [1.807, 2.05) is 30.3 Å². The zero-order valence-electron chi connectivity index (χ0n) is 15.3. The maximum atomic E-state index is 4.91. The van der Waals surface area contributed by atoms with E-state index in [9.17, 15) is 0 Å². The van der Waals surface area contributed by atoms with Gasteiger partial charge in [-0.05, 0) is 18.3 Å². The van der Waals surface area contributed by atoms with Crippen LogP contribution in [0.15, 0.2) is 73.2 Å². The molecule has 5 heteroatoms. The van der Waals surface area contributed by atoms with Crippen LogP contribution in [0.3, 0.4) is 0 Å². The third-order valence-electron chi connectivity index (χ3n) is 5.02. The van der Waals surface area contributed by atoms with Crippen LogP contribution in [0.5, 0.6) is 0 Å². The standard InChI is InChI=1S/C24H12N4.Y/c1-3-15-5-6-17-8-10-20(28-23(17)21(15)25-12-1)18-11-14-27-24-19(18)9-7-16-4-2-13-26-22(16)24;/h1-9,12-14H;/q-2;. The van der Waals surface area contributed by atoms with Gasteiger partial charge < -0.3 is 4.98 Å². The molecule has 0 aliphatic heterocycles. The van der Waals surface area contributed by atoms with E-state index in [1.165, 1.54) is 0 Å². The van der Waals surface area contributed by atoms with Crippen LogP contribution in [-0.4, -0.2) is 19.9 Å². The zero-order valence-corrected chi connectivity index (χ0v) is 18.1. The van der Waals surface area contributed by atoms with E-state index in [2.05, 4.69) is 51.4 Å². The first kappa shape index (κ1) is 18.2. The summed E-state index contributed by atoms with van der Waals surface area (Å²) in [5.41, 5.74) is 5.08. The Bertz CT molecular complexity index is 1530. The molecular formula is C24H12N4Y-2. The molecule has 0 atom stereocenters. The molecule has 2 aromatic carbocycles. The minimum atomic E-state index is 0. The van der Waals surface area contributed by atoms with Gasteiger partial charge in [0.2, 0.25) is 0 Å². The van der Waals surface area contributed by atoms with E-state index in [0.717, 1.165) is 54.9 Å². The summed E-state index contributed by atoms with van der Waals surface area (Å²) < 4.78 is 0. The number of aromatic nitrogens is 4. The van der Waals surface area contributed by atoms with Crippen molar-refractivity contribution in [3.8, 4) is 11.3 Å². The Labute approximate surface area is 191 Å². The molecule has 0 N–H and O–H groups in total. The summed E-state index contributed by atoms with van der Waals surface area (Å²) in [5, 5.41) is 4.11. The fourth-order valence-electron chi connectivity index (χ4n) is 3.69. The van der Waals surface area contributed by atoms with Gasteiger partial charge in [-0.3, -0.25) is 20.5 Å². The molecule has 0 aliphatic carbocycles. The minimum Gasteiger partial charge on any atom is -0.349 e. The maximum Gasteiger partial charge on any atom is 0.0828 e. The van der Waals surface area contributed by atoms with Crippen molar-refractivity contribution < 1.29 is 32.7 Å². The summed E-state index contributed by atoms with van der Waals surface area (Å²) in [6.45, 7) is 0. The average molecular weight is 445 g/mol. The zero-order chi connectivity index (χ0) is 18.5. The molecule has 0 fully saturated rings. The van der Waals surface area contributed by atoms with Gasteiger partial charge in [-0.15, -0.1) is 12.1 Å². The first-order valence-electron chi connectivity index (χ1n) is 8.99. The summed E-state index contributed by atoms with van der Waals surface area (Å²) in [6, 6.07) is 24.7. The Hall–Kier alpha value is -2.82. The Kier molecular flexibility index (Phi) is 4.53. The molecule has 4 aromatic heterocycles. The largest absolute Gasteiger partial charge is 0.349 e. The van der Waals surface area contributed by atoms with Crippen LogP contribution in [0.4, 0.5) is 0 Å². The number of nitrogens with zero attached hydrogens (tertiary/aromatic N) is 4. The van der Waals surface area contributed by atoms with E-state index < -0.39 is 0 Å². The van der Waals surface area contributed by atoms with Gasteiger partial charge in [0.25, 0.3) is 0 Å². The topological polar surface area (TPSA) is 51.6 Å². The van der Waals surface area contributed by atoms with Crippen molar-refractivity contribution in [2.45, 2.75) is 0 Å². The molecule has 4 heterocycles. The van der Waals surface area contributed by atoms with Gasteiger partial charge in [0.05, 0.1) is 11.0 Å². The van der Waals surface area contributed by atoms with Gasteiger partial charge in [0, 0.05) is 66.9 Å². The van der Waals surface area contributed by atoms with E-state index in [1.54, 1.807) is 18.6 Å². The van der Waals surface area contributed by atoms with Gasteiger partial charge in [-0.25, -0.2) is 12.1 Å². The number of pyridine rings is 4. The quantitative estimate of drug-likeness (QED) is 0.260. The molecule has 0 aliphatic rings. The van der Waals surface area contributed by atoms with Crippen molar-refractivity contribution >= 4 is 43.6 Å². The van der Waals surface area contributed by atoms with Crippen molar-refractivity contribution in [2.24, 2.45) is 0 Å². The fourth-order valence-corrected chi connectivity index (χ4v) is 3.69. The molecule has 1 radical (unpaired) electrons. The number of hydrogen-bond donors (Lipinski definition) is 0. The maximum absolute atomic E-state index is 4.91. The molecule has 4 nitrogen and oxygen atoms in total. The molecule has 0 saturated carbocycles. The first-order valence-corrected chi connectivity index (χ1v) is 8.99. The minimum absolute atomic E-state index is 0. The van der Waals surface area contributed by atoms with Crippen LogP contribution in [0.2, 0.25) is 0 Å². The van der Waals surface area contributed by atoms with Gasteiger partial charge >= 0.3 is 0 Å². The monoisotopic (exact) mass is 445 g/mol. The van der Waals surface area contributed by atoms with Gasteiger partial charge in [-0.2, -0.15) is 17.1 Å². The van der Waals surface area contributed by atoms with Gasteiger partial charge in [-0.1, -0.05) is 29.7 Å². The van der Waals surface area contributed by atoms with Gasteiger partial charge in [0.1, 0.15) is 0 Å². The molecule has 133 valence electrons. The number of rotatable bonds is 1. The first-order chi connectivity index (χ1) is 13.9. The van der Waals surface area contributed by atoms with Crippen molar-refractivity contribution in [1.29, 1.82) is 0 Å². The Morgan fingerprint density at radius 3 is 2.10 bits per heavy atom. The van der Waals surface area contributed by atoms with E-state index in [4.69, 9.17) is 4.98 Å². The van der Waals surface area contributed by atoms with E-state index in [0.29, 0.717) is 0 Å². The third-order valence-corrected chi connectivity index (χ3v) is 5.02. The second-order valence-corrected chi connectivity index (χ2v) is 6.64. The molecule has 0 amide bonds. The average Bonchev–Trinajstić information content (AvgIpc) is 2.78. The van der Waals surface area contributed by atoms with E-state index >= 15 is 0 Å². The molecule has 6 aromatic rings. The van der Waals surface area contributed by atoms with Crippen LogP contribution in [-0.2, 0) is 32.7 Å².